The summed E-state index contributed by atoms with van der Waals surface area (Å²) in [6, 6.07) is 0. The van der Waals surface area contributed by atoms with Gasteiger partial charge in [-0.25, -0.2) is 0 Å². The molecule has 72 valence electrons. The highest BCUT2D eigenvalue weighted by molar-refractivity contribution is 5.92. The van der Waals surface area contributed by atoms with Crippen LogP contribution < -0.4 is 0 Å². The summed E-state index contributed by atoms with van der Waals surface area (Å²) in [5, 5.41) is 9.09. The van der Waals surface area contributed by atoms with Crippen molar-refractivity contribution in [2.24, 2.45) is 5.41 Å². The molecule has 1 amide bonds. The smallest absolute Gasteiger partial charge is 0.298 e. The Morgan fingerprint density at radius 3 is 2.54 bits per heavy atom. The Hall–Kier alpha value is -1.01. The van der Waals surface area contributed by atoms with Gasteiger partial charge in [0.15, 0.2) is 0 Å². The Morgan fingerprint density at radius 1 is 1.62 bits per heavy atom. The number of terminal acetylenes is 1. The zero-order valence-corrected chi connectivity index (χ0v) is 7.92. The SMILES string of the molecule is C#CC(=O)N1CCC(C)(CO)CC1. The number of amides is 1. The first-order valence-electron chi connectivity index (χ1n) is 4.48. The molecule has 3 nitrogen and oxygen atoms in total. The average molecular weight is 181 g/mol. The number of hydrogen-bond acceptors (Lipinski definition) is 2. The molecule has 3 heteroatoms. The maximum absolute atomic E-state index is 11.1. The van der Waals surface area contributed by atoms with E-state index in [1.54, 1.807) is 4.90 Å². The minimum Gasteiger partial charge on any atom is -0.396 e. The van der Waals surface area contributed by atoms with Crippen molar-refractivity contribution in [1.82, 2.24) is 4.90 Å². The van der Waals surface area contributed by atoms with Gasteiger partial charge in [0.2, 0.25) is 0 Å². The molecule has 13 heavy (non-hydrogen) atoms. The lowest BCUT2D eigenvalue weighted by molar-refractivity contribution is -0.127. The second-order valence-electron chi connectivity index (χ2n) is 3.91. The van der Waals surface area contributed by atoms with Crippen LogP contribution in [0.2, 0.25) is 0 Å². The number of aliphatic hydroxyl groups is 1. The molecule has 0 atom stereocenters. The number of piperidine rings is 1. The van der Waals surface area contributed by atoms with Crippen molar-refractivity contribution in [3.8, 4) is 12.3 Å². The molecule has 0 radical (unpaired) electrons. The highest BCUT2D eigenvalue weighted by atomic mass is 16.3. The molecule has 1 saturated heterocycles. The maximum atomic E-state index is 11.1. The summed E-state index contributed by atoms with van der Waals surface area (Å²) in [5.74, 6) is 1.87. The summed E-state index contributed by atoms with van der Waals surface area (Å²) >= 11 is 0. The molecule has 0 spiro atoms. The van der Waals surface area contributed by atoms with Gasteiger partial charge in [0.05, 0.1) is 0 Å². The molecular formula is C10H15NO2. The molecule has 0 bridgehead atoms. The second kappa shape index (κ2) is 3.80. The molecule has 1 fully saturated rings. The van der Waals surface area contributed by atoms with Crippen LogP contribution in [-0.2, 0) is 4.79 Å². The lowest BCUT2D eigenvalue weighted by atomic mass is 9.81. The Bertz CT molecular complexity index is 234. The fourth-order valence-corrected chi connectivity index (χ4v) is 1.50. The van der Waals surface area contributed by atoms with Crippen LogP contribution in [0.1, 0.15) is 19.8 Å². The van der Waals surface area contributed by atoms with Crippen molar-refractivity contribution in [2.45, 2.75) is 19.8 Å². The van der Waals surface area contributed by atoms with Crippen molar-refractivity contribution >= 4 is 5.91 Å². The predicted octanol–water partition coefficient (Wildman–Crippen LogP) is 0.241. The quantitative estimate of drug-likeness (QED) is 0.589. The summed E-state index contributed by atoms with van der Waals surface area (Å²) < 4.78 is 0. The Morgan fingerprint density at radius 2 is 2.15 bits per heavy atom. The Kier molecular flexibility index (Phi) is 2.94. The van der Waals surface area contributed by atoms with Crippen LogP contribution in [0.25, 0.3) is 0 Å². The van der Waals surface area contributed by atoms with E-state index in [1.807, 2.05) is 6.92 Å². The topological polar surface area (TPSA) is 40.5 Å². The summed E-state index contributed by atoms with van der Waals surface area (Å²) in [6.07, 6.45) is 6.67. The van der Waals surface area contributed by atoms with E-state index in [-0.39, 0.29) is 17.9 Å². The van der Waals surface area contributed by atoms with E-state index in [1.165, 1.54) is 0 Å². The van der Waals surface area contributed by atoms with Gasteiger partial charge in [0.1, 0.15) is 0 Å². The molecule has 0 aliphatic carbocycles. The van der Waals surface area contributed by atoms with Crippen LogP contribution in [0.3, 0.4) is 0 Å². The third-order valence-corrected chi connectivity index (χ3v) is 2.76. The van der Waals surface area contributed by atoms with E-state index in [0.29, 0.717) is 13.1 Å². The molecule has 0 aromatic carbocycles. The molecule has 1 aliphatic rings. The number of hydrogen-bond donors (Lipinski definition) is 1. The van der Waals surface area contributed by atoms with Gasteiger partial charge in [-0.3, -0.25) is 4.79 Å². The van der Waals surface area contributed by atoms with Crippen LogP contribution in [0.15, 0.2) is 0 Å². The van der Waals surface area contributed by atoms with Crippen molar-refractivity contribution in [2.75, 3.05) is 19.7 Å². The third kappa shape index (κ3) is 2.22. The van der Waals surface area contributed by atoms with Crippen LogP contribution in [0.4, 0.5) is 0 Å². The van der Waals surface area contributed by atoms with Gasteiger partial charge >= 0.3 is 0 Å². The Labute approximate surface area is 78.7 Å². The molecular weight excluding hydrogens is 166 g/mol. The number of nitrogens with zero attached hydrogens (tertiary/aromatic N) is 1. The summed E-state index contributed by atoms with van der Waals surface area (Å²) in [4.78, 5) is 12.8. The minimum atomic E-state index is -0.236. The van der Waals surface area contributed by atoms with Crippen LogP contribution >= 0.6 is 0 Å². The Balaban J connectivity index is 2.49. The van der Waals surface area contributed by atoms with Crippen LogP contribution in [0.5, 0.6) is 0 Å². The van der Waals surface area contributed by atoms with Gasteiger partial charge in [-0.05, 0) is 24.2 Å². The van der Waals surface area contributed by atoms with Crippen molar-refractivity contribution in [1.29, 1.82) is 0 Å². The van der Waals surface area contributed by atoms with Crippen molar-refractivity contribution in [3.05, 3.63) is 0 Å². The first-order valence-corrected chi connectivity index (χ1v) is 4.48. The van der Waals surface area contributed by atoms with Gasteiger partial charge < -0.3 is 10.0 Å². The van der Waals surface area contributed by atoms with Gasteiger partial charge in [-0.2, -0.15) is 0 Å². The number of carbonyl (C=O) groups is 1. The predicted molar refractivity (Wildman–Crippen MR) is 49.8 cm³/mol. The second-order valence-corrected chi connectivity index (χ2v) is 3.91. The average Bonchev–Trinajstić information content (AvgIpc) is 2.18. The molecule has 1 heterocycles. The van der Waals surface area contributed by atoms with Crippen molar-refractivity contribution in [3.63, 3.8) is 0 Å². The fourth-order valence-electron chi connectivity index (χ4n) is 1.50. The normalized spacial score (nSPS) is 20.8. The van der Waals surface area contributed by atoms with E-state index in [0.717, 1.165) is 12.8 Å². The molecule has 1 N–H and O–H groups in total. The van der Waals surface area contributed by atoms with E-state index < -0.39 is 0 Å². The molecule has 0 saturated carbocycles. The molecule has 1 rings (SSSR count). The zero-order valence-electron chi connectivity index (χ0n) is 7.92. The highest BCUT2D eigenvalue weighted by Gasteiger charge is 2.30. The molecule has 0 aromatic heterocycles. The number of likely N-dealkylation sites (tertiary alicyclic amines) is 1. The van der Waals surface area contributed by atoms with Crippen LogP contribution in [-0.4, -0.2) is 35.6 Å². The largest absolute Gasteiger partial charge is 0.396 e. The van der Waals surface area contributed by atoms with Gasteiger partial charge in [-0.1, -0.05) is 6.92 Å². The van der Waals surface area contributed by atoms with E-state index >= 15 is 0 Å². The van der Waals surface area contributed by atoms with Crippen molar-refractivity contribution < 1.29 is 9.90 Å². The first kappa shape index (κ1) is 10.1. The molecule has 0 aromatic rings. The van der Waals surface area contributed by atoms with Gasteiger partial charge in [0.25, 0.3) is 5.91 Å². The number of aliphatic hydroxyl groups excluding tert-OH is 1. The molecule has 1 aliphatic heterocycles. The van der Waals surface area contributed by atoms with Gasteiger partial charge in [0, 0.05) is 19.7 Å². The highest BCUT2D eigenvalue weighted by Crippen LogP contribution is 2.29. The first-order chi connectivity index (χ1) is 6.11. The standard InChI is InChI=1S/C10H15NO2/c1-3-9(13)11-6-4-10(2,8-12)5-7-11/h1,12H,4-8H2,2H3. The number of rotatable bonds is 1. The summed E-state index contributed by atoms with van der Waals surface area (Å²) in [6.45, 7) is 3.55. The fraction of sp³-hybridized carbons (Fsp3) is 0.700. The van der Waals surface area contributed by atoms with Gasteiger partial charge in [-0.15, -0.1) is 6.42 Å². The summed E-state index contributed by atoms with van der Waals surface area (Å²) in [5.41, 5.74) is -0.0224. The number of carbonyl (C=O) groups excluding carboxylic acids is 1. The van der Waals surface area contributed by atoms with Crippen LogP contribution in [0, 0.1) is 17.8 Å². The van der Waals surface area contributed by atoms with E-state index in [4.69, 9.17) is 11.5 Å². The maximum Gasteiger partial charge on any atom is 0.298 e. The summed E-state index contributed by atoms with van der Waals surface area (Å²) in [7, 11) is 0. The zero-order chi connectivity index (χ0) is 9.90. The minimum absolute atomic E-state index is 0.0224. The van der Waals surface area contributed by atoms with E-state index in [2.05, 4.69) is 5.92 Å². The molecule has 0 unspecified atom stereocenters. The monoisotopic (exact) mass is 181 g/mol. The third-order valence-electron chi connectivity index (χ3n) is 2.76. The lowest BCUT2D eigenvalue weighted by Crippen LogP contribution is -2.42. The lowest BCUT2D eigenvalue weighted by Gasteiger charge is -2.37. The van der Waals surface area contributed by atoms with E-state index in [9.17, 15) is 4.79 Å².